The maximum atomic E-state index is 15.0. The lowest BCUT2D eigenvalue weighted by molar-refractivity contribution is -0.253. The van der Waals surface area contributed by atoms with Gasteiger partial charge in [0, 0.05) is 25.2 Å². The highest BCUT2D eigenvalue weighted by molar-refractivity contribution is 5.95. The lowest BCUT2D eigenvalue weighted by Gasteiger charge is -2.37. The average molecular weight is 642 g/mol. The molecule has 1 N–H and O–H groups in total. The molecule has 1 amide bonds. The van der Waals surface area contributed by atoms with Crippen molar-refractivity contribution in [1.29, 1.82) is 0 Å². The molecule has 4 aromatic carbocycles. The van der Waals surface area contributed by atoms with Crippen LogP contribution in [0.15, 0.2) is 91.0 Å². The van der Waals surface area contributed by atoms with Crippen LogP contribution >= 0.6 is 0 Å². The first-order valence-corrected chi connectivity index (χ1v) is 13.1. The number of benzene rings is 4. The fourth-order valence-electron chi connectivity index (χ4n) is 4.73. The van der Waals surface area contributed by atoms with Crippen molar-refractivity contribution < 1.29 is 53.8 Å². The number of carbonyl (C=O) groups is 1. The van der Waals surface area contributed by atoms with Crippen LogP contribution in [0, 0.1) is 11.6 Å². The molecule has 0 bridgehead atoms. The van der Waals surface area contributed by atoms with Crippen molar-refractivity contribution in [3.8, 4) is 5.75 Å². The predicted molar refractivity (Wildman–Crippen MR) is 145 cm³/mol. The maximum absolute atomic E-state index is 15.0. The molecule has 13 heteroatoms. The number of alkyl halides is 7. The number of methoxy groups -OCH3 is 1. The third-order valence-electron chi connectivity index (χ3n) is 6.80. The second-order valence-electron chi connectivity index (χ2n) is 9.98. The Hall–Kier alpha value is -4.52. The van der Waals surface area contributed by atoms with Crippen LogP contribution in [0.1, 0.15) is 38.2 Å². The summed E-state index contributed by atoms with van der Waals surface area (Å²) in [5, 5.41) is 2.60. The van der Waals surface area contributed by atoms with E-state index < -0.39 is 58.7 Å². The predicted octanol–water partition coefficient (Wildman–Crippen LogP) is 8.28. The summed E-state index contributed by atoms with van der Waals surface area (Å²) >= 11 is 0. The zero-order valence-corrected chi connectivity index (χ0v) is 23.3. The molecule has 4 nitrogen and oxygen atoms in total. The first kappa shape index (κ1) is 33.4. The minimum Gasteiger partial charge on any atom is -0.428 e. The smallest absolute Gasteiger partial charge is 0.428 e. The Labute approximate surface area is 251 Å². The second-order valence-corrected chi connectivity index (χ2v) is 9.98. The SMILES string of the molecule is COCc1ccc([C@@](Cc2ccccc2)(NC(=O)c2ccc(F)c(C(F)(F)F)c2)c2cc(F)cc(OC(F)(F)C(F)F)c2)cc1. The van der Waals surface area contributed by atoms with Crippen LogP contribution in [0.4, 0.5) is 39.5 Å². The summed E-state index contributed by atoms with van der Waals surface area (Å²) < 4.78 is 132. The normalized spacial score (nSPS) is 13.4. The van der Waals surface area contributed by atoms with Crippen molar-refractivity contribution in [1.82, 2.24) is 5.32 Å². The van der Waals surface area contributed by atoms with Gasteiger partial charge >= 0.3 is 18.7 Å². The zero-order valence-electron chi connectivity index (χ0n) is 23.3. The Morgan fingerprint density at radius 2 is 1.47 bits per heavy atom. The van der Waals surface area contributed by atoms with E-state index in [1.165, 1.54) is 19.2 Å². The van der Waals surface area contributed by atoms with Gasteiger partial charge in [-0.3, -0.25) is 4.79 Å². The van der Waals surface area contributed by atoms with Crippen molar-refractivity contribution >= 4 is 5.91 Å². The molecule has 4 rings (SSSR count). The van der Waals surface area contributed by atoms with Gasteiger partial charge in [-0.05, 0) is 52.6 Å². The molecular formula is C32H24F9NO3. The number of amides is 1. The number of halogens is 9. The summed E-state index contributed by atoms with van der Waals surface area (Å²) in [7, 11) is 1.44. The third-order valence-corrected chi connectivity index (χ3v) is 6.80. The Balaban J connectivity index is 1.96. The van der Waals surface area contributed by atoms with Gasteiger partial charge in [-0.1, -0.05) is 54.6 Å². The van der Waals surface area contributed by atoms with Crippen LogP contribution in [0.3, 0.4) is 0 Å². The van der Waals surface area contributed by atoms with E-state index in [4.69, 9.17) is 4.74 Å². The highest BCUT2D eigenvalue weighted by atomic mass is 19.4. The lowest BCUT2D eigenvalue weighted by Crippen LogP contribution is -2.49. The minimum absolute atomic E-state index is 0.161. The van der Waals surface area contributed by atoms with Gasteiger partial charge < -0.3 is 14.8 Å². The van der Waals surface area contributed by atoms with Gasteiger partial charge in [0.1, 0.15) is 17.4 Å². The Kier molecular flexibility index (Phi) is 9.81. The molecule has 0 heterocycles. The van der Waals surface area contributed by atoms with Crippen LogP contribution in [0.5, 0.6) is 5.75 Å². The van der Waals surface area contributed by atoms with Crippen LogP contribution in [-0.4, -0.2) is 25.6 Å². The summed E-state index contributed by atoms with van der Waals surface area (Å²) in [6.45, 7) is 0.161. The highest BCUT2D eigenvalue weighted by Gasteiger charge is 2.45. The quantitative estimate of drug-likeness (QED) is 0.168. The van der Waals surface area contributed by atoms with E-state index >= 15 is 4.39 Å². The molecule has 1 atom stereocenters. The van der Waals surface area contributed by atoms with E-state index in [9.17, 15) is 39.9 Å². The van der Waals surface area contributed by atoms with E-state index in [-0.39, 0.29) is 24.2 Å². The molecule has 0 aliphatic rings. The van der Waals surface area contributed by atoms with Gasteiger partial charge in [-0.25, -0.2) is 8.78 Å². The first-order chi connectivity index (χ1) is 21.1. The molecule has 45 heavy (non-hydrogen) atoms. The summed E-state index contributed by atoms with van der Waals surface area (Å²) in [6, 6.07) is 17.9. The molecule has 0 aromatic heterocycles. The molecule has 0 radical (unpaired) electrons. The second kappa shape index (κ2) is 13.2. The van der Waals surface area contributed by atoms with E-state index in [2.05, 4.69) is 10.1 Å². The van der Waals surface area contributed by atoms with Crippen molar-refractivity contribution in [2.45, 2.75) is 37.3 Å². The number of ether oxygens (including phenoxy) is 2. The molecule has 4 aromatic rings. The van der Waals surface area contributed by atoms with E-state index in [0.29, 0.717) is 29.3 Å². The molecule has 238 valence electrons. The molecule has 0 saturated carbocycles. The third kappa shape index (κ3) is 7.77. The Morgan fingerprint density at radius 3 is 2.07 bits per heavy atom. The van der Waals surface area contributed by atoms with Gasteiger partial charge in [0.15, 0.2) is 0 Å². The minimum atomic E-state index is -5.15. The van der Waals surface area contributed by atoms with Crippen LogP contribution < -0.4 is 10.1 Å². The maximum Gasteiger partial charge on any atom is 0.461 e. The first-order valence-electron chi connectivity index (χ1n) is 13.1. The average Bonchev–Trinajstić information content (AvgIpc) is 2.97. The van der Waals surface area contributed by atoms with E-state index in [1.54, 1.807) is 42.5 Å². The summed E-state index contributed by atoms with van der Waals surface area (Å²) in [5.74, 6) is -5.03. The highest BCUT2D eigenvalue weighted by Crippen LogP contribution is 2.39. The van der Waals surface area contributed by atoms with Gasteiger partial charge in [-0.15, -0.1) is 0 Å². The Morgan fingerprint density at radius 1 is 0.800 bits per heavy atom. The number of hydrogen-bond acceptors (Lipinski definition) is 3. The van der Waals surface area contributed by atoms with Crippen molar-refractivity contribution in [3.05, 3.63) is 136 Å². The monoisotopic (exact) mass is 641 g/mol. The standard InChI is InChI=1S/C32H24F9NO3/c1-44-18-20-7-10-22(11-8-20)30(17-19-5-3-2-4-6-19,23-14-24(33)16-25(15-23)45-32(40,41)29(35)36)42-28(43)21-9-12-27(34)26(13-21)31(37,38)39/h2-16,29H,17-18H2,1H3,(H,42,43)/t30-/m1/s1. The summed E-state index contributed by atoms with van der Waals surface area (Å²) in [5.41, 5.74) is -3.25. The van der Waals surface area contributed by atoms with Gasteiger partial charge in [-0.2, -0.15) is 30.7 Å². The van der Waals surface area contributed by atoms with Crippen molar-refractivity contribution in [2.24, 2.45) is 0 Å². The van der Waals surface area contributed by atoms with E-state index in [1.807, 2.05) is 0 Å². The van der Waals surface area contributed by atoms with Crippen molar-refractivity contribution in [3.63, 3.8) is 0 Å². The van der Waals surface area contributed by atoms with E-state index in [0.717, 1.165) is 18.2 Å². The summed E-state index contributed by atoms with van der Waals surface area (Å²) in [4.78, 5) is 13.7. The number of nitrogens with one attached hydrogen (secondary N) is 1. The van der Waals surface area contributed by atoms with Crippen LogP contribution in [0.2, 0.25) is 0 Å². The topological polar surface area (TPSA) is 47.6 Å². The number of carbonyl (C=O) groups excluding carboxylic acids is 1. The lowest BCUT2D eigenvalue weighted by atomic mass is 9.77. The molecule has 0 aliphatic carbocycles. The van der Waals surface area contributed by atoms with Crippen molar-refractivity contribution in [2.75, 3.05) is 7.11 Å². The molecule has 0 unspecified atom stereocenters. The largest absolute Gasteiger partial charge is 0.461 e. The summed E-state index contributed by atoms with van der Waals surface area (Å²) in [6.07, 6.45) is -14.7. The number of rotatable bonds is 11. The van der Waals surface area contributed by atoms with Gasteiger partial charge in [0.05, 0.1) is 17.7 Å². The molecule has 0 spiro atoms. The zero-order chi connectivity index (χ0) is 33.0. The fourth-order valence-corrected chi connectivity index (χ4v) is 4.73. The molecule has 0 fully saturated rings. The Bertz CT molecular complexity index is 1630. The van der Waals surface area contributed by atoms with Crippen LogP contribution in [0.25, 0.3) is 0 Å². The van der Waals surface area contributed by atoms with Gasteiger partial charge in [0.2, 0.25) is 0 Å². The van der Waals surface area contributed by atoms with Crippen LogP contribution in [-0.2, 0) is 29.5 Å². The number of hydrogen-bond donors (Lipinski definition) is 1. The van der Waals surface area contributed by atoms with Gasteiger partial charge in [0.25, 0.3) is 5.91 Å². The molecule has 0 saturated heterocycles. The fraction of sp³-hybridized carbons (Fsp3) is 0.219. The molecule has 0 aliphatic heterocycles. The molecular weight excluding hydrogens is 617 g/mol.